The van der Waals surface area contributed by atoms with Gasteiger partial charge in [-0.25, -0.2) is 17.5 Å². The molecular formula is C19H21NO5S. The van der Waals surface area contributed by atoms with Crippen molar-refractivity contribution in [3.05, 3.63) is 64.7 Å². The number of nitrogens with zero attached hydrogens (tertiary/aromatic N) is 1. The van der Waals surface area contributed by atoms with Crippen LogP contribution in [-0.4, -0.2) is 45.2 Å². The van der Waals surface area contributed by atoms with E-state index in [0.717, 1.165) is 15.4 Å². The number of esters is 1. The molecule has 7 heteroatoms. The fourth-order valence-corrected chi connectivity index (χ4v) is 3.29. The van der Waals surface area contributed by atoms with E-state index in [-0.39, 0.29) is 22.8 Å². The van der Waals surface area contributed by atoms with E-state index in [1.165, 1.54) is 38.4 Å². The monoisotopic (exact) mass is 375 g/mol. The predicted molar refractivity (Wildman–Crippen MR) is 97.8 cm³/mol. The molecule has 0 fully saturated rings. The number of hydrogen-bond acceptors (Lipinski definition) is 5. The Morgan fingerprint density at radius 2 is 1.62 bits per heavy atom. The first kappa shape index (κ1) is 19.8. The average molecular weight is 375 g/mol. The molecule has 0 saturated carbocycles. The lowest BCUT2D eigenvalue weighted by atomic mass is 10.0. The van der Waals surface area contributed by atoms with E-state index in [4.69, 9.17) is 4.74 Å². The van der Waals surface area contributed by atoms with Crippen LogP contribution >= 0.6 is 0 Å². The fourth-order valence-electron chi connectivity index (χ4n) is 2.39. The second-order valence-electron chi connectivity index (χ2n) is 6.13. The van der Waals surface area contributed by atoms with Crippen molar-refractivity contribution in [1.82, 2.24) is 4.31 Å². The van der Waals surface area contributed by atoms with Crippen molar-refractivity contribution in [1.29, 1.82) is 0 Å². The van der Waals surface area contributed by atoms with Gasteiger partial charge >= 0.3 is 5.97 Å². The average Bonchev–Trinajstić information content (AvgIpc) is 2.59. The van der Waals surface area contributed by atoms with Gasteiger partial charge in [-0.2, -0.15) is 0 Å². The van der Waals surface area contributed by atoms with Gasteiger partial charge < -0.3 is 4.74 Å². The molecule has 0 spiro atoms. The molecule has 0 heterocycles. The van der Waals surface area contributed by atoms with Crippen LogP contribution < -0.4 is 0 Å². The summed E-state index contributed by atoms with van der Waals surface area (Å²) in [6.45, 7) is 3.38. The molecule has 0 aliphatic heterocycles. The van der Waals surface area contributed by atoms with E-state index in [1.807, 2.05) is 26.0 Å². The first-order valence-electron chi connectivity index (χ1n) is 7.93. The summed E-state index contributed by atoms with van der Waals surface area (Å²) in [5.41, 5.74) is 2.56. The zero-order valence-corrected chi connectivity index (χ0v) is 16.0. The van der Waals surface area contributed by atoms with Crippen molar-refractivity contribution in [2.45, 2.75) is 18.7 Å². The van der Waals surface area contributed by atoms with Crippen LogP contribution in [0.4, 0.5) is 0 Å². The highest BCUT2D eigenvalue weighted by Crippen LogP contribution is 2.15. The smallest absolute Gasteiger partial charge is 0.338 e. The Labute approximate surface area is 153 Å². The molecule has 26 heavy (non-hydrogen) atoms. The Morgan fingerprint density at radius 1 is 1.00 bits per heavy atom. The normalized spacial score (nSPS) is 11.4. The lowest BCUT2D eigenvalue weighted by molar-refractivity contribution is 0.0474. The SMILES string of the molecule is Cc1ccc(C(=O)COC(=O)c2ccc(S(=O)(=O)N(C)C)cc2)c(C)c1. The maximum absolute atomic E-state index is 12.2. The number of sulfonamides is 1. The van der Waals surface area contributed by atoms with Crippen LogP contribution in [0.5, 0.6) is 0 Å². The second-order valence-corrected chi connectivity index (χ2v) is 8.28. The van der Waals surface area contributed by atoms with Gasteiger partial charge in [-0.15, -0.1) is 0 Å². The van der Waals surface area contributed by atoms with Crippen LogP contribution in [0.25, 0.3) is 0 Å². The third-order valence-corrected chi connectivity index (χ3v) is 5.71. The minimum absolute atomic E-state index is 0.0745. The summed E-state index contributed by atoms with van der Waals surface area (Å²) in [7, 11) is -0.709. The Hall–Kier alpha value is -2.51. The van der Waals surface area contributed by atoms with Gasteiger partial charge in [-0.1, -0.05) is 23.8 Å². The van der Waals surface area contributed by atoms with Crippen LogP contribution in [0, 0.1) is 13.8 Å². The molecule has 6 nitrogen and oxygen atoms in total. The fraction of sp³-hybridized carbons (Fsp3) is 0.263. The van der Waals surface area contributed by atoms with Gasteiger partial charge in [0, 0.05) is 19.7 Å². The summed E-state index contributed by atoms with van der Waals surface area (Å²) in [5, 5.41) is 0. The van der Waals surface area contributed by atoms with Crippen molar-refractivity contribution in [2.24, 2.45) is 0 Å². The molecule has 0 unspecified atom stereocenters. The van der Waals surface area contributed by atoms with Crippen molar-refractivity contribution in [2.75, 3.05) is 20.7 Å². The highest BCUT2D eigenvalue weighted by Gasteiger charge is 2.18. The molecular weight excluding hydrogens is 354 g/mol. The van der Waals surface area contributed by atoms with E-state index in [0.29, 0.717) is 5.56 Å². The summed E-state index contributed by atoms with van der Waals surface area (Å²) in [6, 6.07) is 10.8. The standard InChI is InChI=1S/C19H21NO5S/c1-13-5-10-17(14(2)11-13)18(21)12-25-19(22)15-6-8-16(9-7-15)26(23,24)20(3)4/h5-11H,12H2,1-4H3. The molecule has 0 radical (unpaired) electrons. The summed E-state index contributed by atoms with van der Waals surface area (Å²) in [5.74, 6) is -0.973. The van der Waals surface area contributed by atoms with Gasteiger partial charge in [0.2, 0.25) is 15.8 Å². The summed E-state index contributed by atoms with van der Waals surface area (Å²) in [4.78, 5) is 24.4. The lowest BCUT2D eigenvalue weighted by Gasteiger charge is -2.11. The molecule has 0 aliphatic rings. The van der Waals surface area contributed by atoms with Crippen LogP contribution in [-0.2, 0) is 14.8 Å². The Bertz CT molecular complexity index is 931. The third-order valence-electron chi connectivity index (χ3n) is 3.89. The number of ketones is 1. The maximum atomic E-state index is 12.2. The molecule has 0 atom stereocenters. The lowest BCUT2D eigenvalue weighted by Crippen LogP contribution is -2.22. The van der Waals surface area contributed by atoms with E-state index in [2.05, 4.69) is 0 Å². The predicted octanol–water partition coefficient (Wildman–Crippen LogP) is 2.59. The van der Waals surface area contributed by atoms with Gasteiger partial charge in [0.25, 0.3) is 0 Å². The quantitative estimate of drug-likeness (QED) is 0.573. The molecule has 0 amide bonds. The van der Waals surface area contributed by atoms with Crippen LogP contribution in [0.2, 0.25) is 0 Å². The van der Waals surface area contributed by atoms with E-state index in [1.54, 1.807) is 6.07 Å². The van der Waals surface area contributed by atoms with Crippen molar-refractivity contribution in [3.63, 3.8) is 0 Å². The maximum Gasteiger partial charge on any atom is 0.338 e. The molecule has 0 saturated heterocycles. The number of carbonyl (C=O) groups excluding carboxylic acids is 2. The Kier molecular flexibility index (Phi) is 5.94. The van der Waals surface area contributed by atoms with Gasteiger partial charge in [0.05, 0.1) is 10.5 Å². The third kappa shape index (κ3) is 4.36. The van der Waals surface area contributed by atoms with Crippen LogP contribution in [0.1, 0.15) is 31.8 Å². The number of hydrogen-bond donors (Lipinski definition) is 0. The van der Waals surface area contributed by atoms with Gasteiger partial charge in [-0.3, -0.25) is 4.79 Å². The zero-order chi connectivity index (χ0) is 19.5. The zero-order valence-electron chi connectivity index (χ0n) is 15.1. The molecule has 138 valence electrons. The summed E-state index contributed by atoms with van der Waals surface area (Å²) in [6.07, 6.45) is 0. The number of ether oxygens (including phenoxy) is 1. The van der Waals surface area contributed by atoms with E-state index < -0.39 is 16.0 Å². The first-order valence-corrected chi connectivity index (χ1v) is 9.37. The van der Waals surface area contributed by atoms with Crippen molar-refractivity contribution < 1.29 is 22.7 Å². The number of benzene rings is 2. The Balaban J connectivity index is 2.05. The number of rotatable bonds is 6. The van der Waals surface area contributed by atoms with E-state index in [9.17, 15) is 18.0 Å². The number of Topliss-reactive ketones (excluding diaryl/α,β-unsaturated/α-hetero) is 1. The number of aryl methyl sites for hydroxylation is 2. The molecule has 2 aromatic carbocycles. The van der Waals surface area contributed by atoms with Gasteiger partial charge in [0.1, 0.15) is 0 Å². The first-order chi connectivity index (χ1) is 12.1. The molecule has 2 rings (SSSR count). The van der Waals surface area contributed by atoms with Gasteiger partial charge in [-0.05, 0) is 43.7 Å². The largest absolute Gasteiger partial charge is 0.454 e. The molecule has 0 aromatic heterocycles. The minimum atomic E-state index is -3.56. The molecule has 2 aromatic rings. The minimum Gasteiger partial charge on any atom is -0.454 e. The highest BCUT2D eigenvalue weighted by atomic mass is 32.2. The highest BCUT2D eigenvalue weighted by molar-refractivity contribution is 7.89. The topological polar surface area (TPSA) is 80.8 Å². The summed E-state index contributed by atoms with van der Waals surface area (Å²) >= 11 is 0. The molecule has 0 aliphatic carbocycles. The van der Waals surface area contributed by atoms with Crippen molar-refractivity contribution in [3.8, 4) is 0 Å². The van der Waals surface area contributed by atoms with E-state index >= 15 is 0 Å². The molecule has 0 bridgehead atoms. The Morgan fingerprint density at radius 3 is 2.15 bits per heavy atom. The molecule has 0 N–H and O–H groups in total. The summed E-state index contributed by atoms with van der Waals surface area (Å²) < 4.78 is 30.2. The van der Waals surface area contributed by atoms with Crippen LogP contribution in [0.3, 0.4) is 0 Å². The second kappa shape index (κ2) is 7.80. The van der Waals surface area contributed by atoms with Gasteiger partial charge in [0.15, 0.2) is 6.61 Å². The number of carbonyl (C=O) groups is 2. The van der Waals surface area contributed by atoms with Crippen LogP contribution in [0.15, 0.2) is 47.4 Å². The van der Waals surface area contributed by atoms with Crippen molar-refractivity contribution >= 4 is 21.8 Å².